The average molecular weight is 542 g/mol. The van der Waals surface area contributed by atoms with Gasteiger partial charge in [-0.1, -0.05) is 48.5 Å². The molecule has 1 unspecified atom stereocenters. The SMILES string of the molecule is CC(C)NC(=O)Nc1ccccc1-c1ccc(NC(=O)C(C)([C@H]2CCc3ccccc3NC2=O)C(C)(C)N)cc1. The minimum Gasteiger partial charge on any atom is -0.336 e. The zero-order valence-electron chi connectivity index (χ0n) is 23.8. The molecule has 3 aromatic carbocycles. The molecule has 0 aliphatic carbocycles. The third-order valence-corrected chi connectivity index (χ3v) is 7.85. The summed E-state index contributed by atoms with van der Waals surface area (Å²) in [5.74, 6) is -1.15. The molecule has 1 aliphatic heterocycles. The molecule has 1 aliphatic rings. The zero-order chi connectivity index (χ0) is 29.1. The van der Waals surface area contributed by atoms with Gasteiger partial charge in [-0.2, -0.15) is 0 Å². The predicted molar refractivity (Wildman–Crippen MR) is 161 cm³/mol. The van der Waals surface area contributed by atoms with Gasteiger partial charge in [0.2, 0.25) is 11.8 Å². The van der Waals surface area contributed by atoms with Crippen molar-refractivity contribution in [2.24, 2.45) is 17.1 Å². The second-order valence-corrected chi connectivity index (χ2v) is 11.5. The van der Waals surface area contributed by atoms with Gasteiger partial charge in [0.05, 0.1) is 17.0 Å². The first-order valence-corrected chi connectivity index (χ1v) is 13.7. The monoisotopic (exact) mass is 541 g/mol. The second kappa shape index (κ2) is 11.5. The Morgan fingerprint density at radius 2 is 1.57 bits per heavy atom. The van der Waals surface area contributed by atoms with Gasteiger partial charge in [-0.3, -0.25) is 9.59 Å². The van der Waals surface area contributed by atoms with E-state index < -0.39 is 16.9 Å². The molecule has 0 aromatic heterocycles. The van der Waals surface area contributed by atoms with Crippen molar-refractivity contribution in [1.82, 2.24) is 5.32 Å². The maximum Gasteiger partial charge on any atom is 0.319 e. The maximum absolute atomic E-state index is 13.9. The minimum absolute atomic E-state index is 0.0126. The van der Waals surface area contributed by atoms with E-state index >= 15 is 0 Å². The highest BCUT2D eigenvalue weighted by molar-refractivity contribution is 6.03. The number of aryl methyl sites for hydroxylation is 1. The summed E-state index contributed by atoms with van der Waals surface area (Å²) in [5.41, 5.74) is 9.25. The number of hydrogen-bond acceptors (Lipinski definition) is 4. The van der Waals surface area contributed by atoms with Crippen molar-refractivity contribution < 1.29 is 14.4 Å². The summed E-state index contributed by atoms with van der Waals surface area (Å²) in [6.45, 7) is 9.16. The Morgan fingerprint density at radius 3 is 2.25 bits per heavy atom. The highest BCUT2D eigenvalue weighted by Crippen LogP contribution is 2.43. The number of nitrogens with one attached hydrogen (secondary N) is 4. The normalized spacial score (nSPS) is 16.7. The van der Waals surface area contributed by atoms with Crippen molar-refractivity contribution in [2.75, 3.05) is 16.0 Å². The highest BCUT2D eigenvalue weighted by Gasteiger charge is 2.53. The van der Waals surface area contributed by atoms with E-state index in [0.29, 0.717) is 24.2 Å². The number of amides is 4. The van der Waals surface area contributed by atoms with E-state index in [1.54, 1.807) is 20.8 Å². The molecular weight excluding hydrogens is 502 g/mol. The van der Waals surface area contributed by atoms with Crippen molar-refractivity contribution in [3.63, 3.8) is 0 Å². The van der Waals surface area contributed by atoms with Crippen molar-refractivity contribution in [1.29, 1.82) is 0 Å². The molecule has 4 rings (SSSR count). The zero-order valence-corrected chi connectivity index (χ0v) is 23.8. The first-order valence-electron chi connectivity index (χ1n) is 13.7. The summed E-state index contributed by atoms with van der Waals surface area (Å²) < 4.78 is 0. The average Bonchev–Trinajstić information content (AvgIpc) is 3.06. The smallest absolute Gasteiger partial charge is 0.319 e. The van der Waals surface area contributed by atoms with Gasteiger partial charge < -0.3 is 27.0 Å². The summed E-state index contributed by atoms with van der Waals surface area (Å²) in [5, 5.41) is 11.8. The molecule has 0 saturated heterocycles. The van der Waals surface area contributed by atoms with Gasteiger partial charge in [0.15, 0.2) is 0 Å². The fourth-order valence-electron chi connectivity index (χ4n) is 5.22. The third kappa shape index (κ3) is 6.02. The lowest BCUT2D eigenvalue weighted by Crippen LogP contribution is -2.61. The van der Waals surface area contributed by atoms with Crippen molar-refractivity contribution >= 4 is 34.9 Å². The van der Waals surface area contributed by atoms with Crippen molar-refractivity contribution in [3.8, 4) is 11.1 Å². The Morgan fingerprint density at radius 1 is 0.925 bits per heavy atom. The molecule has 0 saturated carbocycles. The lowest BCUT2D eigenvalue weighted by Gasteiger charge is -2.44. The van der Waals surface area contributed by atoms with Gasteiger partial charge in [0.25, 0.3) is 0 Å². The Bertz CT molecular complexity index is 1390. The van der Waals surface area contributed by atoms with E-state index in [0.717, 1.165) is 22.4 Å². The molecule has 2 atom stereocenters. The summed E-state index contributed by atoms with van der Waals surface area (Å²) in [6, 6.07) is 22.4. The van der Waals surface area contributed by atoms with Gasteiger partial charge in [-0.15, -0.1) is 0 Å². The summed E-state index contributed by atoms with van der Waals surface area (Å²) in [4.78, 5) is 39.6. The number of carbonyl (C=O) groups excluding carboxylic acids is 3. The lowest BCUT2D eigenvalue weighted by atomic mass is 9.62. The fourth-order valence-corrected chi connectivity index (χ4v) is 5.22. The number of anilines is 3. The van der Waals surface area contributed by atoms with Crippen molar-refractivity contribution in [2.45, 2.75) is 59.0 Å². The third-order valence-electron chi connectivity index (χ3n) is 7.85. The van der Waals surface area contributed by atoms with Crippen LogP contribution in [0, 0.1) is 11.3 Å². The van der Waals surface area contributed by atoms with Crippen LogP contribution in [0.25, 0.3) is 11.1 Å². The van der Waals surface area contributed by atoms with E-state index in [9.17, 15) is 14.4 Å². The molecule has 6 N–H and O–H groups in total. The Balaban J connectivity index is 1.55. The minimum atomic E-state index is -1.20. The first kappa shape index (κ1) is 28.8. The fraction of sp³-hybridized carbons (Fsp3) is 0.344. The van der Waals surface area contributed by atoms with Gasteiger partial charge in [0, 0.05) is 28.5 Å². The molecule has 1 heterocycles. The number of benzene rings is 3. The number of nitrogens with two attached hydrogens (primary N) is 1. The Kier molecular flexibility index (Phi) is 8.30. The summed E-state index contributed by atoms with van der Waals surface area (Å²) >= 11 is 0. The molecule has 40 heavy (non-hydrogen) atoms. The van der Waals surface area contributed by atoms with Crippen LogP contribution in [0.5, 0.6) is 0 Å². The van der Waals surface area contributed by atoms with E-state index in [1.165, 1.54) is 0 Å². The molecule has 4 amide bonds. The molecular formula is C32H39N5O3. The molecule has 210 valence electrons. The Labute approximate surface area is 236 Å². The van der Waals surface area contributed by atoms with Crippen LogP contribution in [-0.4, -0.2) is 29.4 Å². The van der Waals surface area contributed by atoms with Crippen LogP contribution in [0.15, 0.2) is 72.8 Å². The number of urea groups is 1. The number of rotatable bonds is 7. The summed E-state index contributed by atoms with van der Waals surface area (Å²) in [7, 11) is 0. The number of carbonyl (C=O) groups is 3. The standard InChI is InChI=1S/C32H39N5O3/c1-20(2)34-30(40)37-27-13-9-7-11-24(27)21-14-17-23(18-15-21)35-29(39)32(5,31(3,4)33)25-19-16-22-10-6-8-12-26(22)36-28(25)38/h6-15,17-18,20,25H,16,19,33H2,1-5H3,(H,35,39)(H,36,38)(H2,34,37,40)/t25-,32?/m0/s1. The van der Waals surface area contributed by atoms with E-state index in [1.807, 2.05) is 86.6 Å². The van der Waals surface area contributed by atoms with Gasteiger partial charge in [0.1, 0.15) is 0 Å². The molecule has 0 radical (unpaired) electrons. The number of hydrogen-bond donors (Lipinski definition) is 5. The number of fused-ring (bicyclic) bond motifs is 1. The highest BCUT2D eigenvalue weighted by atomic mass is 16.2. The van der Waals surface area contributed by atoms with Crippen LogP contribution in [0.1, 0.15) is 46.6 Å². The van der Waals surface area contributed by atoms with E-state index in [4.69, 9.17) is 5.73 Å². The molecule has 3 aromatic rings. The second-order valence-electron chi connectivity index (χ2n) is 11.5. The quantitative estimate of drug-likeness (QED) is 0.260. The molecule has 8 heteroatoms. The van der Waals surface area contributed by atoms with Crippen LogP contribution in [0.3, 0.4) is 0 Å². The van der Waals surface area contributed by atoms with Gasteiger partial charge in [-0.25, -0.2) is 4.79 Å². The van der Waals surface area contributed by atoms with Crippen LogP contribution >= 0.6 is 0 Å². The summed E-state index contributed by atoms with van der Waals surface area (Å²) in [6.07, 6.45) is 1.16. The van der Waals surface area contributed by atoms with E-state index in [2.05, 4.69) is 21.3 Å². The first-order chi connectivity index (χ1) is 18.9. The van der Waals surface area contributed by atoms with Gasteiger partial charge >= 0.3 is 6.03 Å². The largest absolute Gasteiger partial charge is 0.336 e. The molecule has 8 nitrogen and oxygen atoms in total. The molecule has 0 bridgehead atoms. The molecule has 0 spiro atoms. The predicted octanol–water partition coefficient (Wildman–Crippen LogP) is 5.77. The van der Waals surface area contributed by atoms with Crippen molar-refractivity contribution in [3.05, 3.63) is 78.4 Å². The molecule has 0 fully saturated rings. The van der Waals surface area contributed by atoms with Crippen LogP contribution < -0.4 is 27.0 Å². The lowest BCUT2D eigenvalue weighted by molar-refractivity contribution is -0.139. The van der Waals surface area contributed by atoms with Crippen LogP contribution in [0.2, 0.25) is 0 Å². The van der Waals surface area contributed by atoms with E-state index in [-0.39, 0.29) is 23.9 Å². The van der Waals surface area contributed by atoms with Crippen LogP contribution in [0.4, 0.5) is 21.9 Å². The van der Waals surface area contributed by atoms with Crippen LogP contribution in [-0.2, 0) is 16.0 Å². The number of para-hydroxylation sites is 2. The maximum atomic E-state index is 13.9. The topological polar surface area (TPSA) is 125 Å². The van der Waals surface area contributed by atoms with Gasteiger partial charge in [-0.05, 0) is 82.9 Å². The Hall–Kier alpha value is -4.17.